The normalized spacial score (nSPS) is 18.0. The molecule has 0 bridgehead atoms. The number of ether oxygens (including phenoxy) is 2. The van der Waals surface area contributed by atoms with Crippen LogP contribution in [0, 0.1) is 11.7 Å². The lowest BCUT2D eigenvalue weighted by Gasteiger charge is -2.12. The van der Waals surface area contributed by atoms with E-state index in [2.05, 4.69) is 5.32 Å². The van der Waals surface area contributed by atoms with Crippen LogP contribution in [0.1, 0.15) is 37.3 Å². The monoisotopic (exact) mass is 371 g/mol. The Morgan fingerprint density at radius 1 is 1.07 bits per heavy atom. The van der Waals surface area contributed by atoms with E-state index >= 15 is 0 Å². The first-order chi connectivity index (χ1) is 13.1. The summed E-state index contributed by atoms with van der Waals surface area (Å²) in [7, 11) is 0. The number of rotatable bonds is 9. The lowest BCUT2D eigenvalue weighted by Crippen LogP contribution is -2.27. The minimum atomic E-state index is -0.248. The quantitative estimate of drug-likeness (QED) is 0.722. The van der Waals surface area contributed by atoms with Crippen LogP contribution in [-0.2, 0) is 11.2 Å². The zero-order valence-corrected chi connectivity index (χ0v) is 15.8. The first-order valence-electron chi connectivity index (χ1n) is 9.54. The third-order valence-electron chi connectivity index (χ3n) is 4.75. The molecule has 1 saturated carbocycles. The largest absolute Gasteiger partial charge is 0.490 e. The maximum Gasteiger partial charge on any atom is 0.223 e. The number of carbonyl (C=O) groups excluding carboxylic acids is 1. The summed E-state index contributed by atoms with van der Waals surface area (Å²) in [6.45, 7) is 5.62. The Kier molecular flexibility index (Phi) is 6.32. The molecular formula is C22H26FNO3. The van der Waals surface area contributed by atoms with E-state index in [0.717, 1.165) is 35.5 Å². The van der Waals surface area contributed by atoms with Gasteiger partial charge in [-0.15, -0.1) is 0 Å². The molecule has 0 spiro atoms. The van der Waals surface area contributed by atoms with Gasteiger partial charge in [-0.3, -0.25) is 4.79 Å². The van der Waals surface area contributed by atoms with Crippen LogP contribution in [0.15, 0.2) is 42.5 Å². The number of hydrogen-bond acceptors (Lipinski definition) is 3. The Hall–Kier alpha value is -2.56. The van der Waals surface area contributed by atoms with Crippen molar-refractivity contribution in [2.24, 2.45) is 5.92 Å². The van der Waals surface area contributed by atoms with Crippen LogP contribution in [0.2, 0.25) is 0 Å². The first-order valence-corrected chi connectivity index (χ1v) is 9.54. The highest BCUT2D eigenvalue weighted by Crippen LogP contribution is 2.47. The van der Waals surface area contributed by atoms with E-state index in [9.17, 15) is 9.18 Å². The average molecular weight is 371 g/mol. The number of hydrogen-bond donors (Lipinski definition) is 1. The second-order valence-corrected chi connectivity index (χ2v) is 6.69. The molecule has 3 rings (SSSR count). The van der Waals surface area contributed by atoms with Gasteiger partial charge in [0, 0.05) is 12.5 Å². The van der Waals surface area contributed by atoms with Gasteiger partial charge >= 0.3 is 0 Å². The van der Waals surface area contributed by atoms with Crippen molar-refractivity contribution >= 4 is 5.91 Å². The smallest absolute Gasteiger partial charge is 0.223 e. The van der Waals surface area contributed by atoms with Gasteiger partial charge in [0.1, 0.15) is 5.82 Å². The van der Waals surface area contributed by atoms with Gasteiger partial charge in [0.2, 0.25) is 5.91 Å². The molecule has 5 heteroatoms. The molecule has 0 heterocycles. The molecule has 1 N–H and O–H groups in total. The van der Waals surface area contributed by atoms with Gasteiger partial charge < -0.3 is 14.8 Å². The fraction of sp³-hybridized carbons (Fsp3) is 0.409. The molecule has 4 nitrogen and oxygen atoms in total. The Balaban J connectivity index is 1.49. The lowest BCUT2D eigenvalue weighted by molar-refractivity contribution is -0.122. The number of halogens is 1. The minimum absolute atomic E-state index is 0.00484. The van der Waals surface area contributed by atoms with Crippen molar-refractivity contribution in [2.45, 2.75) is 32.6 Å². The minimum Gasteiger partial charge on any atom is -0.490 e. The lowest BCUT2D eigenvalue weighted by atomic mass is 10.1. The summed E-state index contributed by atoms with van der Waals surface area (Å²) in [4.78, 5) is 12.3. The molecule has 27 heavy (non-hydrogen) atoms. The summed E-state index contributed by atoms with van der Waals surface area (Å²) in [5.74, 6) is 1.51. The highest BCUT2D eigenvalue weighted by molar-refractivity contribution is 5.82. The van der Waals surface area contributed by atoms with Crippen molar-refractivity contribution in [1.82, 2.24) is 5.32 Å². The molecule has 1 aliphatic carbocycles. The topological polar surface area (TPSA) is 47.6 Å². The van der Waals surface area contributed by atoms with Crippen LogP contribution in [0.3, 0.4) is 0 Å². The highest BCUT2D eigenvalue weighted by Gasteiger charge is 2.43. The fourth-order valence-corrected chi connectivity index (χ4v) is 3.28. The van der Waals surface area contributed by atoms with Crippen LogP contribution in [0.25, 0.3) is 0 Å². The molecule has 1 fully saturated rings. The molecule has 1 amide bonds. The van der Waals surface area contributed by atoms with Crippen molar-refractivity contribution in [3.63, 3.8) is 0 Å². The van der Waals surface area contributed by atoms with Crippen molar-refractivity contribution in [3.8, 4) is 11.5 Å². The van der Waals surface area contributed by atoms with E-state index in [0.29, 0.717) is 19.8 Å². The number of amides is 1. The third-order valence-corrected chi connectivity index (χ3v) is 4.75. The van der Waals surface area contributed by atoms with Crippen molar-refractivity contribution in [2.75, 3.05) is 19.8 Å². The summed E-state index contributed by atoms with van der Waals surface area (Å²) in [6, 6.07) is 12.3. The number of carbonyl (C=O) groups is 1. The molecule has 144 valence electrons. The predicted molar refractivity (Wildman–Crippen MR) is 103 cm³/mol. The van der Waals surface area contributed by atoms with Crippen molar-refractivity contribution < 1.29 is 18.7 Å². The molecule has 2 aromatic carbocycles. The van der Waals surface area contributed by atoms with Crippen molar-refractivity contribution in [1.29, 1.82) is 0 Å². The highest BCUT2D eigenvalue weighted by atomic mass is 19.1. The molecule has 0 radical (unpaired) electrons. The Labute approximate surface area is 159 Å². The van der Waals surface area contributed by atoms with Crippen LogP contribution >= 0.6 is 0 Å². The van der Waals surface area contributed by atoms with Crippen molar-refractivity contribution in [3.05, 3.63) is 59.4 Å². The number of benzene rings is 2. The maximum atomic E-state index is 13.0. The predicted octanol–water partition coefficient (Wildman–Crippen LogP) is 4.09. The van der Waals surface area contributed by atoms with E-state index in [1.165, 1.54) is 12.1 Å². The molecule has 2 unspecified atom stereocenters. The molecule has 1 aliphatic rings. The summed E-state index contributed by atoms with van der Waals surface area (Å²) in [5.41, 5.74) is 2.12. The fourth-order valence-electron chi connectivity index (χ4n) is 3.28. The molecule has 0 saturated heterocycles. The molecule has 2 atom stereocenters. The zero-order chi connectivity index (χ0) is 19.2. The van der Waals surface area contributed by atoms with Gasteiger partial charge in [0.25, 0.3) is 0 Å². The number of nitrogens with one attached hydrogen (secondary N) is 1. The molecular weight excluding hydrogens is 345 g/mol. The van der Waals surface area contributed by atoms with Gasteiger partial charge in [-0.05, 0) is 68.0 Å². The van der Waals surface area contributed by atoms with Gasteiger partial charge in [-0.25, -0.2) is 4.39 Å². The Bertz CT molecular complexity index is 776. The van der Waals surface area contributed by atoms with Crippen LogP contribution < -0.4 is 14.8 Å². The average Bonchev–Trinajstić information content (AvgIpc) is 3.45. The second-order valence-electron chi connectivity index (χ2n) is 6.69. The van der Waals surface area contributed by atoms with E-state index in [4.69, 9.17) is 9.47 Å². The van der Waals surface area contributed by atoms with E-state index < -0.39 is 0 Å². The van der Waals surface area contributed by atoms with Crippen LogP contribution in [0.5, 0.6) is 11.5 Å². The van der Waals surface area contributed by atoms with Crippen LogP contribution in [-0.4, -0.2) is 25.7 Å². The summed E-state index contributed by atoms with van der Waals surface area (Å²) < 4.78 is 24.2. The summed E-state index contributed by atoms with van der Waals surface area (Å²) >= 11 is 0. The van der Waals surface area contributed by atoms with Gasteiger partial charge in [0.05, 0.1) is 13.2 Å². The van der Waals surface area contributed by atoms with Gasteiger partial charge in [-0.1, -0.05) is 18.2 Å². The standard InChI is InChI=1S/C22H26FNO3/c1-3-26-20-10-5-15(13-21(20)27-4-2)11-12-24-22(25)19-14-18(19)16-6-8-17(23)9-7-16/h5-10,13,18-19H,3-4,11-12,14H2,1-2H3,(H,24,25). The second kappa shape index (κ2) is 8.89. The van der Waals surface area contributed by atoms with Gasteiger partial charge in [-0.2, -0.15) is 0 Å². The Morgan fingerprint density at radius 3 is 2.48 bits per heavy atom. The third kappa shape index (κ3) is 5.00. The molecule has 2 aromatic rings. The molecule has 0 aliphatic heterocycles. The van der Waals surface area contributed by atoms with E-state index in [-0.39, 0.29) is 23.6 Å². The van der Waals surface area contributed by atoms with Crippen LogP contribution in [0.4, 0.5) is 4.39 Å². The first kappa shape index (κ1) is 19.2. The SMILES string of the molecule is CCOc1ccc(CCNC(=O)C2CC2c2ccc(F)cc2)cc1OCC. The van der Waals surface area contributed by atoms with E-state index in [1.54, 1.807) is 12.1 Å². The molecule has 0 aromatic heterocycles. The van der Waals surface area contributed by atoms with Gasteiger partial charge in [0.15, 0.2) is 11.5 Å². The summed E-state index contributed by atoms with van der Waals surface area (Å²) in [6.07, 6.45) is 1.56. The summed E-state index contributed by atoms with van der Waals surface area (Å²) in [5, 5.41) is 3.01. The maximum absolute atomic E-state index is 13.0. The Morgan fingerprint density at radius 2 is 1.78 bits per heavy atom. The van der Waals surface area contributed by atoms with E-state index in [1.807, 2.05) is 32.0 Å². The zero-order valence-electron chi connectivity index (χ0n) is 15.8.